The van der Waals surface area contributed by atoms with Crippen LogP contribution in [0.15, 0.2) is 34.9 Å². The SMILES string of the molecule is CC(C)=CCCC(C)=CCCC(C)=CCSCC(NC(=O)C(C)C(C)C(C)C(=O)O)C(=O)O. The molecule has 7 heteroatoms. The first-order valence-corrected chi connectivity index (χ1v) is 12.8. The summed E-state index contributed by atoms with van der Waals surface area (Å²) in [6, 6.07) is -1.00. The zero-order valence-corrected chi connectivity index (χ0v) is 22.1. The molecule has 4 atom stereocenters. The Kier molecular flexibility index (Phi) is 15.6. The Labute approximate surface area is 204 Å². The second-order valence-electron chi connectivity index (χ2n) is 9.17. The molecule has 0 aliphatic carbocycles. The number of hydrogen-bond acceptors (Lipinski definition) is 4. The molecule has 188 valence electrons. The summed E-state index contributed by atoms with van der Waals surface area (Å²) in [5.41, 5.74) is 4.01. The molecule has 0 aliphatic rings. The first-order chi connectivity index (χ1) is 15.4. The second-order valence-corrected chi connectivity index (χ2v) is 10.2. The number of allylic oxidation sites excluding steroid dienone is 5. The van der Waals surface area contributed by atoms with Crippen LogP contribution < -0.4 is 5.32 Å². The lowest BCUT2D eigenvalue weighted by Crippen LogP contribution is -2.46. The van der Waals surface area contributed by atoms with Gasteiger partial charge in [-0.3, -0.25) is 9.59 Å². The van der Waals surface area contributed by atoms with E-state index in [0.717, 1.165) is 25.7 Å². The van der Waals surface area contributed by atoms with Crippen molar-refractivity contribution in [3.63, 3.8) is 0 Å². The predicted molar refractivity (Wildman–Crippen MR) is 137 cm³/mol. The Morgan fingerprint density at radius 3 is 1.88 bits per heavy atom. The molecule has 0 aromatic heterocycles. The zero-order valence-electron chi connectivity index (χ0n) is 21.3. The van der Waals surface area contributed by atoms with Crippen LogP contribution in [0.25, 0.3) is 0 Å². The van der Waals surface area contributed by atoms with Gasteiger partial charge in [0.25, 0.3) is 0 Å². The van der Waals surface area contributed by atoms with Crippen LogP contribution in [-0.4, -0.2) is 45.6 Å². The van der Waals surface area contributed by atoms with Gasteiger partial charge in [0.2, 0.25) is 5.91 Å². The van der Waals surface area contributed by atoms with Gasteiger partial charge in [0, 0.05) is 17.4 Å². The van der Waals surface area contributed by atoms with Gasteiger partial charge in [0.15, 0.2) is 0 Å². The highest BCUT2D eigenvalue weighted by Crippen LogP contribution is 2.21. The van der Waals surface area contributed by atoms with Gasteiger partial charge in [-0.05, 0) is 59.3 Å². The van der Waals surface area contributed by atoms with Crippen molar-refractivity contribution in [3.8, 4) is 0 Å². The number of thioether (sulfide) groups is 1. The molecule has 0 fully saturated rings. The molecule has 0 aliphatic heterocycles. The van der Waals surface area contributed by atoms with E-state index in [9.17, 15) is 19.5 Å². The fourth-order valence-corrected chi connectivity index (χ4v) is 4.10. The van der Waals surface area contributed by atoms with E-state index in [0.29, 0.717) is 5.75 Å². The minimum atomic E-state index is -1.09. The smallest absolute Gasteiger partial charge is 0.327 e. The van der Waals surface area contributed by atoms with Crippen molar-refractivity contribution in [2.75, 3.05) is 11.5 Å². The highest BCUT2D eigenvalue weighted by Gasteiger charge is 2.31. The summed E-state index contributed by atoms with van der Waals surface area (Å²) in [7, 11) is 0. The van der Waals surface area contributed by atoms with Gasteiger partial charge in [-0.25, -0.2) is 4.79 Å². The Morgan fingerprint density at radius 2 is 1.36 bits per heavy atom. The molecule has 0 saturated carbocycles. The van der Waals surface area contributed by atoms with Crippen LogP contribution in [0.4, 0.5) is 0 Å². The van der Waals surface area contributed by atoms with Gasteiger partial charge in [-0.2, -0.15) is 11.8 Å². The first kappa shape index (κ1) is 31.0. The number of carbonyl (C=O) groups is 3. The zero-order chi connectivity index (χ0) is 25.6. The summed E-state index contributed by atoms with van der Waals surface area (Å²) in [5, 5.41) is 21.2. The van der Waals surface area contributed by atoms with Crippen molar-refractivity contribution in [2.24, 2.45) is 17.8 Å². The molecule has 0 aromatic carbocycles. The van der Waals surface area contributed by atoms with Crippen molar-refractivity contribution in [1.82, 2.24) is 5.32 Å². The van der Waals surface area contributed by atoms with Crippen LogP contribution in [0.3, 0.4) is 0 Å². The van der Waals surface area contributed by atoms with Crippen molar-refractivity contribution in [3.05, 3.63) is 34.9 Å². The molecule has 4 unspecified atom stereocenters. The summed E-state index contributed by atoms with van der Waals surface area (Å²) in [4.78, 5) is 35.2. The molecule has 0 rings (SSSR count). The van der Waals surface area contributed by atoms with E-state index >= 15 is 0 Å². The molecule has 33 heavy (non-hydrogen) atoms. The monoisotopic (exact) mass is 481 g/mol. The van der Waals surface area contributed by atoms with E-state index < -0.39 is 41.6 Å². The Balaban J connectivity index is 4.51. The number of carboxylic acids is 2. The average Bonchev–Trinajstić information content (AvgIpc) is 2.73. The molecule has 6 nitrogen and oxygen atoms in total. The van der Waals surface area contributed by atoms with Gasteiger partial charge < -0.3 is 15.5 Å². The maximum absolute atomic E-state index is 12.4. The molecule has 3 N–H and O–H groups in total. The van der Waals surface area contributed by atoms with Crippen LogP contribution in [0, 0.1) is 17.8 Å². The average molecular weight is 482 g/mol. The van der Waals surface area contributed by atoms with Crippen LogP contribution in [0.2, 0.25) is 0 Å². The maximum Gasteiger partial charge on any atom is 0.327 e. The van der Waals surface area contributed by atoms with Crippen LogP contribution in [0.1, 0.15) is 74.1 Å². The molecular weight excluding hydrogens is 438 g/mol. The third kappa shape index (κ3) is 14.0. The van der Waals surface area contributed by atoms with Crippen molar-refractivity contribution in [2.45, 2.75) is 80.2 Å². The number of nitrogens with one attached hydrogen (secondary N) is 1. The fraction of sp³-hybridized carbons (Fsp3) is 0.654. The first-order valence-electron chi connectivity index (χ1n) is 11.6. The second kappa shape index (κ2) is 16.6. The van der Waals surface area contributed by atoms with Crippen molar-refractivity contribution in [1.29, 1.82) is 0 Å². The van der Waals surface area contributed by atoms with Gasteiger partial charge in [0.1, 0.15) is 6.04 Å². The molecule has 1 amide bonds. The van der Waals surface area contributed by atoms with Crippen LogP contribution >= 0.6 is 11.8 Å². The minimum Gasteiger partial charge on any atom is -0.481 e. The normalized spacial score (nSPS) is 15.8. The standard InChI is InChI=1S/C26H43NO5S/c1-17(2)10-8-11-18(3)12-9-13-19(4)14-15-33-16-23(26(31)32)27-24(28)21(6)20(5)22(7)25(29)30/h10,12,14,20-23H,8-9,11,13,15-16H2,1-7H3,(H,27,28)(H,29,30)(H,31,32). The van der Waals surface area contributed by atoms with E-state index in [4.69, 9.17) is 5.11 Å². The summed E-state index contributed by atoms with van der Waals surface area (Å²) in [6.07, 6.45) is 10.8. The fourth-order valence-electron chi connectivity index (χ4n) is 3.10. The summed E-state index contributed by atoms with van der Waals surface area (Å²) in [6.45, 7) is 13.4. The summed E-state index contributed by atoms with van der Waals surface area (Å²) < 4.78 is 0. The van der Waals surface area contributed by atoms with Crippen molar-refractivity contribution < 1.29 is 24.6 Å². The largest absolute Gasteiger partial charge is 0.481 e. The van der Waals surface area contributed by atoms with E-state index in [2.05, 4.69) is 51.2 Å². The van der Waals surface area contributed by atoms with Crippen molar-refractivity contribution >= 4 is 29.6 Å². The Morgan fingerprint density at radius 1 is 0.818 bits per heavy atom. The number of amides is 1. The third-order valence-corrected chi connectivity index (χ3v) is 6.92. The number of carbonyl (C=O) groups excluding carboxylic acids is 1. The van der Waals surface area contributed by atoms with E-state index in [-0.39, 0.29) is 5.75 Å². The lowest BCUT2D eigenvalue weighted by Gasteiger charge is -2.24. The van der Waals surface area contributed by atoms with E-state index in [1.807, 2.05) is 0 Å². The van der Waals surface area contributed by atoms with E-state index in [1.165, 1.54) is 28.5 Å². The predicted octanol–water partition coefficient (Wildman–Crippen LogP) is 5.70. The highest BCUT2D eigenvalue weighted by atomic mass is 32.2. The third-order valence-electron chi connectivity index (χ3n) is 5.95. The molecule has 0 spiro atoms. The summed E-state index contributed by atoms with van der Waals surface area (Å²) >= 11 is 1.46. The molecule has 0 aromatic rings. The number of rotatable bonds is 16. The molecule has 0 heterocycles. The topological polar surface area (TPSA) is 104 Å². The van der Waals surface area contributed by atoms with Gasteiger partial charge in [-0.15, -0.1) is 0 Å². The Hall–Kier alpha value is -2.02. The lowest BCUT2D eigenvalue weighted by atomic mass is 9.84. The van der Waals surface area contributed by atoms with Gasteiger partial charge >= 0.3 is 11.9 Å². The van der Waals surface area contributed by atoms with Gasteiger partial charge in [-0.1, -0.05) is 55.7 Å². The quantitative estimate of drug-likeness (QED) is 0.193. The maximum atomic E-state index is 12.4. The highest BCUT2D eigenvalue weighted by molar-refractivity contribution is 7.99. The molecular formula is C26H43NO5S. The minimum absolute atomic E-state index is 0.254. The Bertz CT molecular complexity index is 737. The molecule has 0 saturated heterocycles. The molecule has 0 bridgehead atoms. The van der Waals surface area contributed by atoms with E-state index in [1.54, 1.807) is 20.8 Å². The number of carboxylic acid groups (broad SMARTS) is 2. The summed E-state index contributed by atoms with van der Waals surface area (Å²) in [5.74, 6) is -3.24. The lowest BCUT2D eigenvalue weighted by molar-refractivity contribution is -0.145. The van der Waals surface area contributed by atoms with Crippen LogP contribution in [-0.2, 0) is 14.4 Å². The van der Waals surface area contributed by atoms with Crippen LogP contribution in [0.5, 0.6) is 0 Å². The van der Waals surface area contributed by atoms with Gasteiger partial charge in [0.05, 0.1) is 5.92 Å². The number of hydrogen-bond donors (Lipinski definition) is 3. The molecule has 0 radical (unpaired) electrons. The number of aliphatic carboxylic acids is 2.